The molecule has 1 saturated heterocycles. The lowest BCUT2D eigenvalue weighted by atomic mass is 9.81. The largest absolute Gasteiger partial charge is 0.372 e. The van der Waals surface area contributed by atoms with E-state index in [2.05, 4.69) is 11.9 Å². The van der Waals surface area contributed by atoms with Gasteiger partial charge in [-0.15, -0.1) is 0 Å². The zero-order valence-electron chi connectivity index (χ0n) is 17.4. The van der Waals surface area contributed by atoms with Gasteiger partial charge in [0.05, 0.1) is 28.5 Å². The zero-order valence-corrected chi connectivity index (χ0v) is 18.9. The van der Waals surface area contributed by atoms with Crippen LogP contribution in [-0.2, 0) is 10.3 Å². The van der Waals surface area contributed by atoms with Crippen LogP contribution in [0.15, 0.2) is 54.0 Å². The Morgan fingerprint density at radius 2 is 1.85 bits per heavy atom. The number of likely N-dealkylation sites (tertiary alicyclic amines) is 1. The number of halogens is 4. The third-order valence-electron chi connectivity index (χ3n) is 6.25. The first-order valence-corrected chi connectivity index (χ1v) is 11.2. The molecule has 0 atom stereocenters. The van der Waals surface area contributed by atoms with Crippen LogP contribution < -0.4 is 10.9 Å². The molecule has 170 valence electrons. The summed E-state index contributed by atoms with van der Waals surface area (Å²) < 4.78 is 31.0. The Bertz CT molecular complexity index is 1380. The molecule has 2 heterocycles. The molecule has 3 aromatic rings. The number of nitrogens with one attached hydrogen (secondary N) is 1. The molecular formula is C24H19Cl2F2N3O2. The molecule has 0 radical (unpaired) electrons. The van der Waals surface area contributed by atoms with Gasteiger partial charge in [0.25, 0.3) is 5.56 Å². The third kappa shape index (κ3) is 3.60. The highest BCUT2D eigenvalue weighted by Gasteiger charge is 2.49. The highest BCUT2D eigenvalue weighted by molar-refractivity contribution is 6.42. The first kappa shape index (κ1) is 21.9. The summed E-state index contributed by atoms with van der Waals surface area (Å²) in [4.78, 5) is 26.6. The molecule has 1 saturated carbocycles. The number of benzene rings is 2. The predicted molar refractivity (Wildman–Crippen MR) is 125 cm³/mol. The van der Waals surface area contributed by atoms with Gasteiger partial charge in [0.2, 0.25) is 5.91 Å². The van der Waals surface area contributed by atoms with E-state index in [0.717, 1.165) is 12.8 Å². The van der Waals surface area contributed by atoms with Crippen LogP contribution in [0, 0.1) is 11.6 Å². The van der Waals surface area contributed by atoms with Gasteiger partial charge in [-0.05, 0) is 49.2 Å². The fraction of sp³-hybridized carbons (Fsp3) is 0.250. The van der Waals surface area contributed by atoms with E-state index in [4.69, 9.17) is 23.2 Å². The van der Waals surface area contributed by atoms with E-state index in [-0.39, 0.29) is 57.0 Å². The van der Waals surface area contributed by atoms with Gasteiger partial charge in [0, 0.05) is 28.9 Å². The monoisotopic (exact) mass is 489 g/mol. The number of nitrogens with zero attached hydrogens (tertiary/aromatic N) is 2. The Morgan fingerprint density at radius 3 is 2.52 bits per heavy atom. The lowest BCUT2D eigenvalue weighted by Crippen LogP contribution is -2.65. The normalized spacial score (nSPS) is 17.0. The number of rotatable bonds is 5. The van der Waals surface area contributed by atoms with Crippen LogP contribution in [0.1, 0.15) is 24.4 Å². The van der Waals surface area contributed by atoms with Gasteiger partial charge in [0.1, 0.15) is 17.2 Å². The van der Waals surface area contributed by atoms with Crippen molar-refractivity contribution in [1.82, 2.24) is 9.47 Å². The van der Waals surface area contributed by atoms with Crippen molar-refractivity contribution in [2.45, 2.75) is 24.4 Å². The fourth-order valence-corrected chi connectivity index (χ4v) is 4.94. The van der Waals surface area contributed by atoms with Gasteiger partial charge in [0.15, 0.2) is 0 Å². The van der Waals surface area contributed by atoms with Crippen LogP contribution >= 0.6 is 23.2 Å². The van der Waals surface area contributed by atoms with E-state index in [9.17, 15) is 18.4 Å². The molecule has 2 aromatic carbocycles. The summed E-state index contributed by atoms with van der Waals surface area (Å²) in [7, 11) is 0. The molecule has 2 aliphatic rings. The van der Waals surface area contributed by atoms with E-state index >= 15 is 0 Å². The third-order valence-corrected chi connectivity index (χ3v) is 7.05. The fourth-order valence-electron chi connectivity index (χ4n) is 4.45. The lowest BCUT2D eigenvalue weighted by molar-refractivity contribution is -0.132. The molecule has 0 bridgehead atoms. The van der Waals surface area contributed by atoms with Crippen molar-refractivity contribution < 1.29 is 13.6 Å². The van der Waals surface area contributed by atoms with E-state index in [1.54, 1.807) is 12.1 Å². The minimum atomic E-state index is -1.10. The lowest BCUT2D eigenvalue weighted by Gasteiger charge is -2.51. The van der Waals surface area contributed by atoms with Crippen molar-refractivity contribution in [2.24, 2.45) is 0 Å². The first-order valence-electron chi connectivity index (χ1n) is 10.4. The molecule has 5 nitrogen and oxygen atoms in total. The van der Waals surface area contributed by atoms with Gasteiger partial charge in [-0.3, -0.25) is 9.59 Å². The minimum absolute atomic E-state index is 0.0174. The Kier molecular flexibility index (Phi) is 5.21. The van der Waals surface area contributed by atoms with Crippen molar-refractivity contribution in [3.05, 3.63) is 86.8 Å². The maximum Gasteiger partial charge on any atom is 0.258 e. The molecule has 1 N–H and O–H groups in total. The Balaban J connectivity index is 1.60. The number of pyridine rings is 1. The van der Waals surface area contributed by atoms with Crippen LogP contribution in [0.3, 0.4) is 0 Å². The minimum Gasteiger partial charge on any atom is -0.372 e. The average molecular weight is 490 g/mol. The summed E-state index contributed by atoms with van der Waals surface area (Å²) in [5.41, 5.74) is -0.787. The summed E-state index contributed by atoms with van der Waals surface area (Å²) in [6, 6.07) is 7.28. The highest BCUT2D eigenvalue weighted by atomic mass is 35.5. The van der Waals surface area contributed by atoms with Gasteiger partial charge in [-0.2, -0.15) is 0 Å². The number of fused-ring (bicyclic) bond motifs is 1. The Hall–Kier alpha value is -2.90. The van der Waals surface area contributed by atoms with Crippen LogP contribution in [0.5, 0.6) is 0 Å². The number of hydrogen-bond acceptors (Lipinski definition) is 3. The first-order chi connectivity index (χ1) is 15.7. The maximum atomic E-state index is 15.0. The molecule has 1 aliphatic carbocycles. The van der Waals surface area contributed by atoms with Crippen molar-refractivity contribution >= 4 is 45.6 Å². The molecule has 33 heavy (non-hydrogen) atoms. The van der Waals surface area contributed by atoms with Gasteiger partial charge >= 0.3 is 0 Å². The summed E-state index contributed by atoms with van der Waals surface area (Å²) in [5.74, 6) is -1.36. The molecule has 1 amide bonds. The van der Waals surface area contributed by atoms with E-state index in [0.29, 0.717) is 5.69 Å². The molecular weight excluding hydrogens is 471 g/mol. The summed E-state index contributed by atoms with van der Waals surface area (Å²) in [6.45, 7) is 3.69. The topological polar surface area (TPSA) is 54.3 Å². The van der Waals surface area contributed by atoms with Crippen molar-refractivity contribution in [2.75, 3.05) is 18.4 Å². The number of carbonyl (C=O) groups is 1. The van der Waals surface area contributed by atoms with E-state index in [1.807, 2.05) is 0 Å². The van der Waals surface area contributed by atoms with Crippen molar-refractivity contribution in [1.29, 1.82) is 0 Å². The predicted octanol–water partition coefficient (Wildman–Crippen LogP) is 5.26. The SMILES string of the molecule is C=CC(=O)N1CC(Nc2ccc3c(F)cn(C4CC4)c(=O)c3c2)(c2c(F)ccc(Cl)c2Cl)C1. The second-order valence-electron chi connectivity index (χ2n) is 8.50. The Morgan fingerprint density at radius 1 is 1.12 bits per heavy atom. The number of carbonyl (C=O) groups excluding carboxylic acids is 1. The number of amides is 1. The smallest absolute Gasteiger partial charge is 0.258 e. The van der Waals surface area contributed by atoms with Gasteiger partial charge < -0.3 is 14.8 Å². The van der Waals surface area contributed by atoms with Crippen LogP contribution in [-0.4, -0.2) is 28.5 Å². The van der Waals surface area contributed by atoms with Gasteiger partial charge in [-0.25, -0.2) is 8.78 Å². The number of aromatic nitrogens is 1. The maximum absolute atomic E-state index is 15.0. The molecule has 1 aromatic heterocycles. The summed E-state index contributed by atoms with van der Waals surface area (Å²) in [6.07, 6.45) is 4.11. The summed E-state index contributed by atoms with van der Waals surface area (Å²) in [5, 5.41) is 3.89. The van der Waals surface area contributed by atoms with E-state index in [1.165, 1.54) is 39.9 Å². The van der Waals surface area contributed by atoms with Crippen molar-refractivity contribution in [3.63, 3.8) is 0 Å². The second-order valence-corrected chi connectivity index (χ2v) is 9.29. The van der Waals surface area contributed by atoms with Crippen LogP contribution in [0.2, 0.25) is 10.0 Å². The number of anilines is 1. The Labute approximate surface area is 198 Å². The van der Waals surface area contributed by atoms with Crippen LogP contribution in [0.25, 0.3) is 10.8 Å². The highest BCUT2D eigenvalue weighted by Crippen LogP contribution is 2.43. The number of hydrogen-bond donors (Lipinski definition) is 1. The molecule has 1 aliphatic heterocycles. The quantitative estimate of drug-likeness (QED) is 0.393. The summed E-state index contributed by atoms with van der Waals surface area (Å²) >= 11 is 12.6. The zero-order chi connectivity index (χ0) is 23.5. The van der Waals surface area contributed by atoms with Crippen LogP contribution in [0.4, 0.5) is 14.5 Å². The molecule has 9 heteroatoms. The molecule has 2 fully saturated rings. The van der Waals surface area contributed by atoms with Gasteiger partial charge in [-0.1, -0.05) is 29.8 Å². The standard InChI is InChI=1S/C24H19Cl2F2N3O2/c1-2-20(32)30-11-24(12-30,21-18(27)8-7-17(25)22(21)26)29-13-3-6-15-16(9-13)23(33)31(10-19(15)28)14-4-5-14/h2-3,6-10,14,29H,1,4-5,11-12H2. The van der Waals surface area contributed by atoms with Crippen molar-refractivity contribution in [3.8, 4) is 0 Å². The molecule has 5 rings (SSSR count). The second kappa shape index (κ2) is 7.85. The molecule has 0 spiro atoms. The molecule has 0 unspecified atom stereocenters. The van der Waals surface area contributed by atoms with E-state index < -0.39 is 17.2 Å². The average Bonchev–Trinajstić information content (AvgIpc) is 3.61.